The fourth-order valence-corrected chi connectivity index (χ4v) is 5.24. The molecule has 2 heterocycles. The molecule has 2 bridgehead atoms. The normalized spacial score (nSPS) is 24.3. The summed E-state index contributed by atoms with van der Waals surface area (Å²) >= 11 is 5.94. The number of nitrogens with one attached hydrogen (secondary N) is 2. The summed E-state index contributed by atoms with van der Waals surface area (Å²) < 4.78 is 33.9. The Hall–Kier alpha value is -1.31. The lowest BCUT2D eigenvalue weighted by molar-refractivity contribution is 0.345. The SMILES string of the molecule is Cl.O=S(=O)(NC1CC2CCC(C1)N2)c1ccc(Oc2cccc(Cl)c2)cc1. The molecule has 0 saturated carbocycles. The minimum absolute atomic E-state index is 0. The molecular formula is C19H22Cl2N2O3S. The third-order valence-corrected chi connectivity index (χ3v) is 6.73. The highest BCUT2D eigenvalue weighted by Crippen LogP contribution is 2.28. The fourth-order valence-electron chi connectivity index (χ4n) is 3.79. The van der Waals surface area contributed by atoms with Crippen LogP contribution in [0.25, 0.3) is 0 Å². The zero-order valence-electron chi connectivity index (χ0n) is 14.6. The van der Waals surface area contributed by atoms with Gasteiger partial charge >= 0.3 is 0 Å². The first-order chi connectivity index (χ1) is 12.5. The molecular weight excluding hydrogens is 407 g/mol. The summed E-state index contributed by atoms with van der Waals surface area (Å²) in [4.78, 5) is 0.252. The van der Waals surface area contributed by atoms with E-state index in [1.54, 1.807) is 48.5 Å². The van der Waals surface area contributed by atoms with Gasteiger partial charge in [0.05, 0.1) is 4.90 Å². The number of piperidine rings is 1. The lowest BCUT2D eigenvalue weighted by Crippen LogP contribution is -2.47. The number of benzene rings is 2. The Morgan fingerprint density at radius 3 is 2.30 bits per heavy atom. The first kappa shape index (κ1) is 20.4. The van der Waals surface area contributed by atoms with Crippen LogP contribution in [0.5, 0.6) is 11.5 Å². The maximum absolute atomic E-state index is 12.7. The average molecular weight is 429 g/mol. The lowest BCUT2D eigenvalue weighted by atomic mass is 10.0. The van der Waals surface area contributed by atoms with Crippen LogP contribution in [0.4, 0.5) is 0 Å². The summed E-state index contributed by atoms with van der Waals surface area (Å²) in [5.41, 5.74) is 0. The van der Waals surface area contributed by atoms with Gasteiger partial charge in [0.25, 0.3) is 0 Å². The number of hydrogen-bond donors (Lipinski definition) is 2. The maximum atomic E-state index is 12.7. The highest BCUT2D eigenvalue weighted by molar-refractivity contribution is 7.89. The van der Waals surface area contributed by atoms with E-state index >= 15 is 0 Å². The van der Waals surface area contributed by atoms with E-state index in [1.807, 2.05) is 0 Å². The first-order valence-electron chi connectivity index (χ1n) is 8.80. The molecule has 2 fully saturated rings. The van der Waals surface area contributed by atoms with Crippen LogP contribution in [0.1, 0.15) is 25.7 Å². The van der Waals surface area contributed by atoms with Gasteiger partial charge < -0.3 is 10.1 Å². The van der Waals surface area contributed by atoms with Crippen LogP contribution in [-0.2, 0) is 10.0 Å². The van der Waals surface area contributed by atoms with Crippen molar-refractivity contribution in [3.05, 3.63) is 53.6 Å². The zero-order valence-corrected chi connectivity index (χ0v) is 17.0. The van der Waals surface area contributed by atoms with E-state index in [4.69, 9.17) is 16.3 Å². The van der Waals surface area contributed by atoms with E-state index in [0.717, 1.165) is 25.7 Å². The molecule has 2 aliphatic heterocycles. The van der Waals surface area contributed by atoms with Crippen molar-refractivity contribution in [1.82, 2.24) is 10.0 Å². The van der Waals surface area contributed by atoms with Gasteiger partial charge in [-0.05, 0) is 68.1 Å². The van der Waals surface area contributed by atoms with Gasteiger partial charge in [0, 0.05) is 23.1 Å². The van der Waals surface area contributed by atoms with E-state index < -0.39 is 10.0 Å². The molecule has 0 spiro atoms. The van der Waals surface area contributed by atoms with Crippen molar-refractivity contribution in [2.24, 2.45) is 0 Å². The smallest absolute Gasteiger partial charge is 0.240 e. The second-order valence-corrected chi connectivity index (χ2v) is 9.11. The predicted octanol–water partition coefficient (Wildman–Crippen LogP) is 4.12. The molecule has 2 N–H and O–H groups in total. The number of fused-ring (bicyclic) bond motifs is 2. The highest BCUT2D eigenvalue weighted by atomic mass is 35.5. The average Bonchev–Trinajstić information content (AvgIpc) is 2.94. The Morgan fingerprint density at radius 2 is 1.67 bits per heavy atom. The van der Waals surface area contributed by atoms with E-state index in [0.29, 0.717) is 28.6 Å². The lowest BCUT2D eigenvalue weighted by Gasteiger charge is -2.29. The minimum atomic E-state index is -3.53. The van der Waals surface area contributed by atoms with Crippen molar-refractivity contribution in [1.29, 1.82) is 0 Å². The van der Waals surface area contributed by atoms with Crippen molar-refractivity contribution < 1.29 is 13.2 Å². The Bertz CT molecular complexity index is 878. The number of hydrogen-bond acceptors (Lipinski definition) is 4. The van der Waals surface area contributed by atoms with E-state index in [-0.39, 0.29) is 23.3 Å². The van der Waals surface area contributed by atoms with Gasteiger partial charge in [0.2, 0.25) is 10.0 Å². The zero-order chi connectivity index (χ0) is 18.1. The molecule has 146 valence electrons. The molecule has 2 aliphatic rings. The van der Waals surface area contributed by atoms with E-state index in [2.05, 4.69) is 10.0 Å². The van der Waals surface area contributed by atoms with Crippen LogP contribution in [0, 0.1) is 0 Å². The summed E-state index contributed by atoms with van der Waals surface area (Å²) in [7, 11) is -3.53. The second kappa shape index (κ2) is 8.37. The van der Waals surface area contributed by atoms with Crippen molar-refractivity contribution in [2.75, 3.05) is 0 Å². The molecule has 2 saturated heterocycles. The van der Waals surface area contributed by atoms with Crippen LogP contribution in [0.3, 0.4) is 0 Å². The van der Waals surface area contributed by atoms with Gasteiger partial charge in [0.1, 0.15) is 11.5 Å². The van der Waals surface area contributed by atoms with Crippen molar-refractivity contribution in [2.45, 2.75) is 48.7 Å². The molecule has 0 radical (unpaired) electrons. The Morgan fingerprint density at radius 1 is 1.00 bits per heavy atom. The third-order valence-electron chi connectivity index (χ3n) is 4.96. The van der Waals surface area contributed by atoms with E-state index in [1.165, 1.54) is 0 Å². The highest BCUT2D eigenvalue weighted by Gasteiger charge is 2.35. The van der Waals surface area contributed by atoms with Crippen LogP contribution >= 0.6 is 24.0 Å². The molecule has 27 heavy (non-hydrogen) atoms. The van der Waals surface area contributed by atoms with Gasteiger partial charge in [-0.2, -0.15) is 0 Å². The quantitative estimate of drug-likeness (QED) is 0.751. The Kier molecular flexibility index (Phi) is 6.33. The van der Waals surface area contributed by atoms with Gasteiger partial charge in [-0.1, -0.05) is 17.7 Å². The summed E-state index contributed by atoms with van der Waals surface area (Å²) in [6.07, 6.45) is 3.98. The monoisotopic (exact) mass is 428 g/mol. The molecule has 2 aromatic carbocycles. The summed E-state index contributed by atoms with van der Waals surface area (Å²) in [5, 5.41) is 4.10. The standard InChI is InChI=1S/C19H21ClN2O3S.ClH/c20-13-2-1-3-18(10-13)25-17-6-8-19(9-7-17)26(23,24)22-16-11-14-4-5-15(12-16)21-14;/h1-3,6-10,14-16,21-22H,4-5,11-12H2;1H. The molecule has 2 aromatic rings. The summed E-state index contributed by atoms with van der Waals surface area (Å²) in [6.45, 7) is 0. The molecule has 2 atom stereocenters. The van der Waals surface area contributed by atoms with Gasteiger partial charge in [0.15, 0.2) is 0 Å². The molecule has 8 heteroatoms. The van der Waals surface area contributed by atoms with Crippen molar-refractivity contribution >= 4 is 34.0 Å². The third kappa shape index (κ3) is 4.95. The number of ether oxygens (including phenoxy) is 1. The number of sulfonamides is 1. The van der Waals surface area contributed by atoms with Crippen LogP contribution < -0.4 is 14.8 Å². The number of halogens is 2. The topological polar surface area (TPSA) is 67.4 Å². The fraction of sp³-hybridized carbons (Fsp3) is 0.368. The number of rotatable bonds is 5. The molecule has 5 nitrogen and oxygen atoms in total. The Labute approximate surface area is 170 Å². The summed E-state index contributed by atoms with van der Waals surface area (Å²) in [6, 6.07) is 14.4. The van der Waals surface area contributed by atoms with Crippen LogP contribution in [0.15, 0.2) is 53.4 Å². The largest absolute Gasteiger partial charge is 0.457 e. The Balaban J connectivity index is 0.00000210. The van der Waals surface area contributed by atoms with E-state index in [9.17, 15) is 8.42 Å². The molecule has 0 amide bonds. The first-order valence-corrected chi connectivity index (χ1v) is 10.7. The second-order valence-electron chi connectivity index (χ2n) is 6.96. The molecule has 2 unspecified atom stereocenters. The molecule has 0 aromatic heterocycles. The van der Waals surface area contributed by atoms with Crippen LogP contribution in [-0.4, -0.2) is 26.5 Å². The van der Waals surface area contributed by atoms with Crippen molar-refractivity contribution in [3.8, 4) is 11.5 Å². The van der Waals surface area contributed by atoms with Gasteiger partial charge in [-0.25, -0.2) is 13.1 Å². The maximum Gasteiger partial charge on any atom is 0.240 e. The minimum Gasteiger partial charge on any atom is -0.457 e. The molecule has 0 aliphatic carbocycles. The molecule has 4 rings (SSSR count). The summed E-state index contributed by atoms with van der Waals surface area (Å²) in [5.74, 6) is 1.17. The van der Waals surface area contributed by atoms with Crippen molar-refractivity contribution in [3.63, 3.8) is 0 Å². The predicted molar refractivity (Wildman–Crippen MR) is 109 cm³/mol. The van der Waals surface area contributed by atoms with Gasteiger partial charge in [-0.15, -0.1) is 12.4 Å². The van der Waals surface area contributed by atoms with Gasteiger partial charge in [-0.3, -0.25) is 0 Å². The van der Waals surface area contributed by atoms with Crippen LogP contribution in [0.2, 0.25) is 5.02 Å².